The highest BCUT2D eigenvalue weighted by Crippen LogP contribution is 2.21. The van der Waals surface area contributed by atoms with Crippen molar-refractivity contribution >= 4 is 22.9 Å². The first-order chi connectivity index (χ1) is 6.88. The number of rotatable bonds is 6. The monoisotopic (exact) mass is 229 g/mol. The van der Waals surface area contributed by atoms with Crippen LogP contribution >= 0.6 is 22.9 Å². The number of nitrogens with one attached hydrogen (secondary N) is 1. The molecule has 0 aliphatic heterocycles. The quantitative estimate of drug-likeness (QED) is 0.581. The molecule has 1 aromatic heterocycles. The summed E-state index contributed by atoms with van der Waals surface area (Å²) in [5.74, 6) is 0.595. The summed E-state index contributed by atoms with van der Waals surface area (Å²) in [7, 11) is 0. The van der Waals surface area contributed by atoms with Gasteiger partial charge in [-0.05, 0) is 17.9 Å². The summed E-state index contributed by atoms with van der Waals surface area (Å²) >= 11 is 7.34. The third-order valence-electron chi connectivity index (χ3n) is 2.03. The molecule has 1 unspecified atom stereocenters. The largest absolute Gasteiger partial charge is 0.306 e. The van der Waals surface area contributed by atoms with Crippen molar-refractivity contribution in [1.82, 2.24) is 5.32 Å². The lowest BCUT2D eigenvalue weighted by molar-refractivity contribution is 0.560. The van der Waals surface area contributed by atoms with Crippen molar-refractivity contribution in [3.63, 3.8) is 0 Å². The standard InChI is InChI=1S/C11H16ClNS/c1-2-10(11-6-5-9-14-11)13-8-4-3-7-12/h3-6,9-10,13H,2,7-8H2,1H3/b4-3+. The Morgan fingerprint density at radius 2 is 2.43 bits per heavy atom. The van der Waals surface area contributed by atoms with Gasteiger partial charge in [0.2, 0.25) is 0 Å². The Balaban J connectivity index is 2.36. The zero-order valence-corrected chi connectivity index (χ0v) is 9.94. The van der Waals surface area contributed by atoms with Gasteiger partial charge in [0.05, 0.1) is 0 Å². The maximum atomic E-state index is 5.54. The van der Waals surface area contributed by atoms with Gasteiger partial charge in [-0.2, -0.15) is 0 Å². The lowest BCUT2D eigenvalue weighted by Gasteiger charge is -2.13. The Kier molecular flexibility index (Phi) is 5.92. The number of allylic oxidation sites excluding steroid dienone is 1. The molecule has 14 heavy (non-hydrogen) atoms. The van der Waals surface area contributed by atoms with E-state index in [4.69, 9.17) is 11.6 Å². The van der Waals surface area contributed by atoms with Gasteiger partial charge >= 0.3 is 0 Å². The van der Waals surface area contributed by atoms with E-state index < -0.39 is 0 Å². The van der Waals surface area contributed by atoms with Gasteiger partial charge in [0, 0.05) is 23.3 Å². The van der Waals surface area contributed by atoms with Crippen LogP contribution in [0.25, 0.3) is 0 Å². The number of hydrogen-bond donors (Lipinski definition) is 1. The average molecular weight is 230 g/mol. The molecule has 78 valence electrons. The molecule has 1 aromatic rings. The second-order valence-electron chi connectivity index (χ2n) is 3.01. The molecule has 0 fully saturated rings. The number of alkyl halides is 1. The van der Waals surface area contributed by atoms with E-state index in [9.17, 15) is 0 Å². The first kappa shape index (κ1) is 11.8. The van der Waals surface area contributed by atoms with Crippen LogP contribution in [0.15, 0.2) is 29.7 Å². The summed E-state index contributed by atoms with van der Waals surface area (Å²) in [5, 5.41) is 5.59. The molecule has 0 spiro atoms. The molecular weight excluding hydrogens is 214 g/mol. The molecule has 1 N–H and O–H groups in total. The molecule has 0 amide bonds. The SMILES string of the molecule is CCC(NC/C=C/CCl)c1cccs1. The molecule has 0 bridgehead atoms. The van der Waals surface area contributed by atoms with Crippen molar-refractivity contribution in [2.45, 2.75) is 19.4 Å². The topological polar surface area (TPSA) is 12.0 Å². The fourth-order valence-corrected chi connectivity index (χ4v) is 2.30. The summed E-state index contributed by atoms with van der Waals surface area (Å²) < 4.78 is 0. The Hall–Kier alpha value is -0.310. The molecule has 0 saturated heterocycles. The summed E-state index contributed by atoms with van der Waals surface area (Å²) in [4.78, 5) is 1.41. The predicted octanol–water partition coefficient (Wildman–Crippen LogP) is 3.58. The fraction of sp³-hybridized carbons (Fsp3) is 0.455. The van der Waals surface area contributed by atoms with Gasteiger partial charge in [-0.15, -0.1) is 22.9 Å². The third kappa shape index (κ3) is 3.82. The van der Waals surface area contributed by atoms with Crippen molar-refractivity contribution in [3.8, 4) is 0 Å². The summed E-state index contributed by atoms with van der Waals surface area (Å²) in [6.07, 6.45) is 5.16. The van der Waals surface area contributed by atoms with Gasteiger partial charge < -0.3 is 5.32 Å². The Morgan fingerprint density at radius 1 is 1.57 bits per heavy atom. The van der Waals surface area contributed by atoms with Gasteiger partial charge in [-0.1, -0.05) is 25.1 Å². The van der Waals surface area contributed by atoms with Crippen LogP contribution in [0.1, 0.15) is 24.3 Å². The molecule has 0 aliphatic carbocycles. The zero-order valence-electron chi connectivity index (χ0n) is 8.37. The van der Waals surface area contributed by atoms with Crippen molar-refractivity contribution in [1.29, 1.82) is 0 Å². The minimum Gasteiger partial charge on any atom is -0.306 e. The molecule has 0 aromatic carbocycles. The molecule has 0 saturated carbocycles. The van der Waals surface area contributed by atoms with Crippen molar-refractivity contribution in [3.05, 3.63) is 34.5 Å². The maximum absolute atomic E-state index is 5.54. The second-order valence-corrected chi connectivity index (χ2v) is 4.30. The molecule has 1 heterocycles. The van der Waals surface area contributed by atoms with E-state index in [1.807, 2.05) is 6.08 Å². The number of thiophene rings is 1. The van der Waals surface area contributed by atoms with Gasteiger partial charge in [-0.25, -0.2) is 0 Å². The Labute approximate surface area is 94.8 Å². The average Bonchev–Trinajstić information content (AvgIpc) is 2.71. The molecule has 0 aliphatic rings. The lowest BCUT2D eigenvalue weighted by atomic mass is 10.2. The van der Waals surface area contributed by atoms with Gasteiger partial charge in [0.1, 0.15) is 0 Å². The van der Waals surface area contributed by atoms with Crippen molar-refractivity contribution < 1.29 is 0 Å². The fourth-order valence-electron chi connectivity index (χ4n) is 1.29. The zero-order chi connectivity index (χ0) is 10.2. The van der Waals surface area contributed by atoms with E-state index in [0.29, 0.717) is 11.9 Å². The van der Waals surface area contributed by atoms with Crippen molar-refractivity contribution in [2.24, 2.45) is 0 Å². The van der Waals surface area contributed by atoms with E-state index in [0.717, 1.165) is 13.0 Å². The van der Waals surface area contributed by atoms with Crippen LogP contribution in [0.4, 0.5) is 0 Å². The van der Waals surface area contributed by atoms with Crippen LogP contribution in [0.5, 0.6) is 0 Å². The minimum atomic E-state index is 0.481. The first-order valence-electron chi connectivity index (χ1n) is 4.86. The maximum Gasteiger partial charge on any atom is 0.0414 e. The Morgan fingerprint density at radius 3 is 3.00 bits per heavy atom. The molecule has 3 heteroatoms. The summed E-state index contributed by atoms with van der Waals surface area (Å²) in [6.45, 7) is 3.09. The van der Waals surface area contributed by atoms with E-state index in [-0.39, 0.29) is 0 Å². The molecule has 1 atom stereocenters. The summed E-state index contributed by atoms with van der Waals surface area (Å²) in [5.41, 5.74) is 0. The minimum absolute atomic E-state index is 0.481. The third-order valence-corrected chi connectivity index (χ3v) is 3.20. The van der Waals surface area contributed by atoms with E-state index >= 15 is 0 Å². The van der Waals surface area contributed by atoms with Crippen molar-refractivity contribution in [2.75, 3.05) is 12.4 Å². The highest BCUT2D eigenvalue weighted by atomic mass is 35.5. The normalized spacial score (nSPS) is 13.6. The van der Waals surface area contributed by atoms with Crippen LogP contribution in [0, 0.1) is 0 Å². The number of halogens is 1. The Bertz CT molecular complexity index is 256. The van der Waals surface area contributed by atoms with Gasteiger partial charge in [0.15, 0.2) is 0 Å². The molecule has 1 rings (SSSR count). The number of hydrogen-bond acceptors (Lipinski definition) is 2. The molecule has 0 radical (unpaired) electrons. The first-order valence-corrected chi connectivity index (χ1v) is 6.27. The van der Waals surface area contributed by atoms with Crippen LogP contribution in [-0.4, -0.2) is 12.4 Å². The van der Waals surface area contributed by atoms with Gasteiger partial charge in [0.25, 0.3) is 0 Å². The molecular formula is C11H16ClNS. The smallest absolute Gasteiger partial charge is 0.0414 e. The van der Waals surface area contributed by atoms with Crippen LogP contribution in [-0.2, 0) is 0 Å². The van der Waals surface area contributed by atoms with E-state index in [1.54, 1.807) is 11.3 Å². The van der Waals surface area contributed by atoms with Gasteiger partial charge in [-0.3, -0.25) is 0 Å². The van der Waals surface area contributed by atoms with Crippen LogP contribution in [0.2, 0.25) is 0 Å². The highest BCUT2D eigenvalue weighted by Gasteiger charge is 2.07. The lowest BCUT2D eigenvalue weighted by Crippen LogP contribution is -2.19. The van der Waals surface area contributed by atoms with Crippen LogP contribution in [0.3, 0.4) is 0 Å². The van der Waals surface area contributed by atoms with E-state index in [1.165, 1.54) is 4.88 Å². The second kappa shape index (κ2) is 7.04. The predicted molar refractivity (Wildman–Crippen MR) is 65.2 cm³/mol. The highest BCUT2D eigenvalue weighted by molar-refractivity contribution is 7.10. The molecule has 1 nitrogen and oxygen atoms in total. The van der Waals surface area contributed by atoms with E-state index in [2.05, 4.69) is 35.8 Å². The van der Waals surface area contributed by atoms with Crippen LogP contribution < -0.4 is 5.32 Å². The summed E-state index contributed by atoms with van der Waals surface area (Å²) in [6, 6.07) is 4.76.